The van der Waals surface area contributed by atoms with Crippen LogP contribution in [0.2, 0.25) is 10.0 Å². The Labute approximate surface area is 140 Å². The maximum atomic E-state index is 6.34. The molecule has 21 heavy (non-hydrogen) atoms. The van der Waals surface area contributed by atoms with E-state index in [1.54, 1.807) is 10.4 Å². The van der Waals surface area contributed by atoms with Crippen molar-refractivity contribution in [3.63, 3.8) is 0 Å². The molecule has 1 aromatic heterocycles. The van der Waals surface area contributed by atoms with E-state index in [0.29, 0.717) is 16.1 Å². The molecule has 3 rings (SSSR count). The minimum absolute atomic E-state index is 0.321. The van der Waals surface area contributed by atoms with E-state index in [0.717, 1.165) is 18.5 Å². The Morgan fingerprint density at radius 3 is 2.90 bits per heavy atom. The van der Waals surface area contributed by atoms with Gasteiger partial charge in [0.25, 0.3) is 0 Å². The molecule has 1 aliphatic carbocycles. The van der Waals surface area contributed by atoms with Crippen LogP contribution in [0.4, 0.5) is 0 Å². The van der Waals surface area contributed by atoms with Gasteiger partial charge in [-0.2, -0.15) is 0 Å². The van der Waals surface area contributed by atoms with Crippen molar-refractivity contribution in [2.45, 2.75) is 38.6 Å². The van der Waals surface area contributed by atoms with Crippen molar-refractivity contribution in [3.8, 4) is 0 Å². The molecule has 0 bridgehead atoms. The lowest BCUT2D eigenvalue weighted by Crippen LogP contribution is -2.22. The molecule has 1 atom stereocenters. The van der Waals surface area contributed by atoms with Crippen molar-refractivity contribution in [2.24, 2.45) is 0 Å². The average molecular weight is 340 g/mol. The highest BCUT2D eigenvalue weighted by Gasteiger charge is 2.21. The summed E-state index contributed by atoms with van der Waals surface area (Å²) >= 11 is 14.4. The fourth-order valence-electron chi connectivity index (χ4n) is 2.97. The van der Waals surface area contributed by atoms with Crippen LogP contribution in [-0.2, 0) is 19.3 Å². The van der Waals surface area contributed by atoms with Gasteiger partial charge < -0.3 is 5.32 Å². The summed E-state index contributed by atoms with van der Waals surface area (Å²) in [6.07, 6.45) is 4.68. The summed E-state index contributed by atoms with van der Waals surface area (Å²) < 4.78 is 0. The first-order valence-electron chi connectivity index (χ1n) is 7.46. The fourth-order valence-corrected chi connectivity index (χ4v) is 4.70. The van der Waals surface area contributed by atoms with Gasteiger partial charge in [-0.1, -0.05) is 42.3 Å². The quantitative estimate of drug-likeness (QED) is 0.764. The molecule has 0 saturated carbocycles. The molecule has 0 saturated heterocycles. The van der Waals surface area contributed by atoms with E-state index in [1.165, 1.54) is 24.1 Å². The van der Waals surface area contributed by atoms with Gasteiger partial charge in [0.15, 0.2) is 0 Å². The van der Waals surface area contributed by atoms with Crippen LogP contribution in [0, 0.1) is 0 Å². The van der Waals surface area contributed by atoms with Crippen molar-refractivity contribution in [2.75, 3.05) is 6.54 Å². The Morgan fingerprint density at radius 1 is 1.29 bits per heavy atom. The van der Waals surface area contributed by atoms with Crippen molar-refractivity contribution in [1.29, 1.82) is 0 Å². The van der Waals surface area contributed by atoms with Crippen LogP contribution in [0.1, 0.15) is 40.3 Å². The predicted molar refractivity (Wildman–Crippen MR) is 92.9 cm³/mol. The monoisotopic (exact) mass is 339 g/mol. The zero-order valence-electron chi connectivity index (χ0n) is 12.1. The fraction of sp³-hybridized carbons (Fsp3) is 0.412. The van der Waals surface area contributed by atoms with Gasteiger partial charge in [0, 0.05) is 15.8 Å². The van der Waals surface area contributed by atoms with Crippen molar-refractivity contribution in [3.05, 3.63) is 55.2 Å². The van der Waals surface area contributed by atoms with Crippen molar-refractivity contribution >= 4 is 34.5 Å². The lowest BCUT2D eigenvalue weighted by molar-refractivity contribution is 0.558. The number of likely N-dealkylation sites (N-methyl/N-ethyl adjacent to an activating group) is 1. The number of halogens is 2. The molecule has 0 fully saturated rings. The van der Waals surface area contributed by atoms with Crippen LogP contribution in [0.25, 0.3) is 0 Å². The minimum Gasteiger partial charge on any atom is -0.309 e. The molecule has 2 aromatic rings. The number of aryl methyl sites for hydroxylation is 2. The first-order chi connectivity index (χ1) is 10.2. The standard InChI is InChI=1S/C17H19Cl2NS/c1-2-20-14(9-12-6-3-7-13(18)17(12)19)16-10-11-5-4-8-15(11)21-16/h3,6-7,10,14,20H,2,4-5,8-9H2,1H3. The summed E-state index contributed by atoms with van der Waals surface area (Å²) in [5.41, 5.74) is 2.67. The first kappa shape index (κ1) is 15.4. The largest absolute Gasteiger partial charge is 0.309 e. The topological polar surface area (TPSA) is 12.0 Å². The van der Waals surface area contributed by atoms with Gasteiger partial charge in [-0.05, 0) is 55.5 Å². The predicted octanol–water partition coefficient (Wildman–Crippen LogP) is 5.44. The van der Waals surface area contributed by atoms with E-state index in [2.05, 4.69) is 24.4 Å². The van der Waals surface area contributed by atoms with E-state index in [9.17, 15) is 0 Å². The zero-order chi connectivity index (χ0) is 14.8. The van der Waals surface area contributed by atoms with Gasteiger partial charge in [-0.25, -0.2) is 0 Å². The van der Waals surface area contributed by atoms with Crippen molar-refractivity contribution in [1.82, 2.24) is 5.32 Å². The van der Waals surface area contributed by atoms with Crippen LogP contribution < -0.4 is 5.32 Å². The van der Waals surface area contributed by atoms with E-state index in [-0.39, 0.29) is 0 Å². The molecule has 4 heteroatoms. The average Bonchev–Trinajstić information content (AvgIpc) is 3.04. The SMILES string of the molecule is CCNC(Cc1cccc(Cl)c1Cl)c1cc2c(s1)CCC2. The summed E-state index contributed by atoms with van der Waals surface area (Å²) in [7, 11) is 0. The highest BCUT2D eigenvalue weighted by Crippen LogP contribution is 2.36. The van der Waals surface area contributed by atoms with Crippen LogP contribution >= 0.6 is 34.5 Å². The highest BCUT2D eigenvalue weighted by atomic mass is 35.5. The molecule has 1 aromatic carbocycles. The Morgan fingerprint density at radius 2 is 2.14 bits per heavy atom. The lowest BCUT2D eigenvalue weighted by atomic mass is 10.0. The summed E-state index contributed by atoms with van der Waals surface area (Å²) in [5.74, 6) is 0. The van der Waals surface area contributed by atoms with E-state index < -0.39 is 0 Å². The summed E-state index contributed by atoms with van der Waals surface area (Å²) in [4.78, 5) is 3.00. The molecule has 1 nitrogen and oxygen atoms in total. The van der Waals surface area contributed by atoms with Crippen LogP contribution in [0.15, 0.2) is 24.3 Å². The number of nitrogens with one attached hydrogen (secondary N) is 1. The summed E-state index contributed by atoms with van der Waals surface area (Å²) in [5, 5.41) is 4.91. The second kappa shape index (κ2) is 6.70. The number of benzene rings is 1. The van der Waals surface area contributed by atoms with Gasteiger partial charge in [0.1, 0.15) is 0 Å². The number of rotatable bonds is 5. The smallest absolute Gasteiger partial charge is 0.0624 e. The Balaban J connectivity index is 1.85. The third kappa shape index (κ3) is 3.29. The van der Waals surface area contributed by atoms with E-state index in [1.807, 2.05) is 23.5 Å². The number of thiophene rings is 1. The van der Waals surface area contributed by atoms with Crippen molar-refractivity contribution < 1.29 is 0 Å². The van der Waals surface area contributed by atoms with Gasteiger partial charge >= 0.3 is 0 Å². The van der Waals surface area contributed by atoms with Crippen LogP contribution in [0.5, 0.6) is 0 Å². The highest BCUT2D eigenvalue weighted by molar-refractivity contribution is 7.12. The first-order valence-corrected chi connectivity index (χ1v) is 9.04. The number of hydrogen-bond acceptors (Lipinski definition) is 2. The maximum Gasteiger partial charge on any atom is 0.0624 e. The lowest BCUT2D eigenvalue weighted by Gasteiger charge is -2.18. The molecular weight excluding hydrogens is 321 g/mol. The molecular formula is C17H19Cl2NS. The maximum absolute atomic E-state index is 6.34. The Hall–Kier alpha value is -0.540. The van der Waals surface area contributed by atoms with E-state index >= 15 is 0 Å². The minimum atomic E-state index is 0.321. The zero-order valence-corrected chi connectivity index (χ0v) is 14.4. The molecule has 0 spiro atoms. The van der Waals surface area contributed by atoms with Gasteiger partial charge in [-0.3, -0.25) is 0 Å². The number of hydrogen-bond donors (Lipinski definition) is 1. The second-order valence-electron chi connectivity index (χ2n) is 5.48. The third-order valence-electron chi connectivity index (χ3n) is 4.02. The number of fused-ring (bicyclic) bond motifs is 1. The van der Waals surface area contributed by atoms with E-state index in [4.69, 9.17) is 23.2 Å². The van der Waals surface area contributed by atoms with Crippen LogP contribution in [0.3, 0.4) is 0 Å². The third-order valence-corrected chi connectivity index (χ3v) is 6.22. The van der Waals surface area contributed by atoms with Crippen LogP contribution in [-0.4, -0.2) is 6.54 Å². The molecule has 0 amide bonds. The molecule has 0 aliphatic heterocycles. The van der Waals surface area contributed by atoms with Gasteiger partial charge in [0.2, 0.25) is 0 Å². The summed E-state index contributed by atoms with van der Waals surface area (Å²) in [6, 6.07) is 8.59. The normalized spacial score (nSPS) is 15.2. The molecule has 1 aliphatic rings. The second-order valence-corrected chi connectivity index (χ2v) is 7.43. The Kier molecular flexibility index (Phi) is 4.90. The Bertz CT molecular complexity index is 614. The molecule has 112 valence electrons. The molecule has 0 radical (unpaired) electrons. The summed E-state index contributed by atoms with van der Waals surface area (Å²) in [6.45, 7) is 3.10. The molecule has 1 heterocycles. The molecule has 1 N–H and O–H groups in total. The molecule has 1 unspecified atom stereocenters. The van der Waals surface area contributed by atoms with Gasteiger partial charge in [0.05, 0.1) is 10.0 Å². The van der Waals surface area contributed by atoms with Gasteiger partial charge in [-0.15, -0.1) is 11.3 Å².